The lowest BCUT2D eigenvalue weighted by molar-refractivity contribution is 0.0950. The van der Waals surface area contributed by atoms with Gasteiger partial charge in [0.15, 0.2) is 0 Å². The number of benzene rings is 2. The molecule has 1 aliphatic rings. The highest BCUT2D eigenvalue weighted by Crippen LogP contribution is 2.20. The second kappa shape index (κ2) is 6.24. The summed E-state index contributed by atoms with van der Waals surface area (Å²) < 4.78 is 0. The second-order valence-corrected chi connectivity index (χ2v) is 6.10. The number of hydrogen-bond acceptors (Lipinski definition) is 2. The maximum atomic E-state index is 12.3. The first-order valence-corrected chi connectivity index (χ1v) is 7.82. The number of amides is 2. The molecule has 3 rings (SSSR count). The first-order valence-electron chi connectivity index (χ1n) is 7.82. The van der Waals surface area contributed by atoms with E-state index >= 15 is 0 Å². The summed E-state index contributed by atoms with van der Waals surface area (Å²) in [6.07, 6.45) is 2.13. The monoisotopic (exact) mass is 308 g/mol. The molecule has 2 aromatic rings. The predicted molar refractivity (Wildman–Crippen MR) is 90.8 cm³/mol. The van der Waals surface area contributed by atoms with Gasteiger partial charge in [0.25, 0.3) is 11.8 Å². The summed E-state index contributed by atoms with van der Waals surface area (Å²) in [7, 11) is 0. The molecule has 1 fully saturated rings. The van der Waals surface area contributed by atoms with Crippen molar-refractivity contribution >= 4 is 17.5 Å². The molecular weight excluding hydrogens is 288 g/mol. The highest BCUT2D eigenvalue weighted by molar-refractivity contribution is 6.05. The van der Waals surface area contributed by atoms with Crippen LogP contribution < -0.4 is 10.6 Å². The number of rotatable bonds is 4. The summed E-state index contributed by atoms with van der Waals surface area (Å²) in [5.74, 6) is -0.197. The van der Waals surface area contributed by atoms with Gasteiger partial charge in [-0.3, -0.25) is 9.59 Å². The quantitative estimate of drug-likeness (QED) is 0.909. The van der Waals surface area contributed by atoms with Crippen molar-refractivity contribution in [3.8, 4) is 0 Å². The van der Waals surface area contributed by atoms with Gasteiger partial charge in [0.2, 0.25) is 0 Å². The standard InChI is InChI=1S/C19H20N2O2/c1-12-3-10-17(13(2)11-12)19(23)21-15-6-4-14(5-7-15)18(22)20-16-8-9-16/h3-7,10-11,16H,8-9H2,1-2H3,(H,20,22)(H,21,23). The lowest BCUT2D eigenvalue weighted by Crippen LogP contribution is -2.25. The third kappa shape index (κ3) is 3.77. The molecule has 2 amide bonds. The molecule has 0 bridgehead atoms. The Morgan fingerprint density at radius 2 is 1.65 bits per heavy atom. The Hall–Kier alpha value is -2.62. The Morgan fingerprint density at radius 3 is 2.26 bits per heavy atom. The highest BCUT2D eigenvalue weighted by atomic mass is 16.2. The Balaban J connectivity index is 1.67. The van der Waals surface area contributed by atoms with Gasteiger partial charge in [0, 0.05) is 22.9 Å². The van der Waals surface area contributed by atoms with E-state index in [1.54, 1.807) is 24.3 Å². The van der Waals surface area contributed by atoms with Gasteiger partial charge < -0.3 is 10.6 Å². The summed E-state index contributed by atoms with van der Waals surface area (Å²) in [4.78, 5) is 24.3. The zero-order valence-corrected chi connectivity index (χ0v) is 13.3. The van der Waals surface area contributed by atoms with Gasteiger partial charge in [-0.2, -0.15) is 0 Å². The van der Waals surface area contributed by atoms with Crippen molar-refractivity contribution in [1.29, 1.82) is 0 Å². The Kier molecular flexibility index (Phi) is 4.15. The van der Waals surface area contributed by atoms with E-state index in [1.165, 1.54) is 0 Å². The maximum Gasteiger partial charge on any atom is 0.255 e. The van der Waals surface area contributed by atoms with Crippen LogP contribution in [0.1, 0.15) is 44.7 Å². The minimum atomic E-state index is -0.141. The average molecular weight is 308 g/mol. The third-order valence-electron chi connectivity index (χ3n) is 3.94. The van der Waals surface area contributed by atoms with E-state index in [0.29, 0.717) is 22.9 Å². The fourth-order valence-electron chi connectivity index (χ4n) is 2.47. The number of anilines is 1. The summed E-state index contributed by atoms with van der Waals surface area (Å²) in [5.41, 5.74) is 4.03. The van der Waals surface area contributed by atoms with E-state index in [-0.39, 0.29) is 11.8 Å². The van der Waals surface area contributed by atoms with Crippen LogP contribution in [-0.4, -0.2) is 17.9 Å². The average Bonchev–Trinajstić information content (AvgIpc) is 3.31. The summed E-state index contributed by atoms with van der Waals surface area (Å²) in [6.45, 7) is 3.92. The van der Waals surface area contributed by atoms with Crippen molar-refractivity contribution in [2.45, 2.75) is 32.7 Å². The first-order chi connectivity index (χ1) is 11.0. The third-order valence-corrected chi connectivity index (χ3v) is 3.94. The van der Waals surface area contributed by atoms with Crippen LogP contribution in [0.5, 0.6) is 0 Å². The number of aryl methyl sites for hydroxylation is 2. The van der Waals surface area contributed by atoms with E-state index in [0.717, 1.165) is 24.0 Å². The molecule has 0 radical (unpaired) electrons. The predicted octanol–water partition coefficient (Wildman–Crippen LogP) is 3.45. The molecule has 1 saturated carbocycles. The molecule has 0 spiro atoms. The van der Waals surface area contributed by atoms with Crippen LogP contribution in [0.3, 0.4) is 0 Å². The Bertz CT molecular complexity index is 746. The Morgan fingerprint density at radius 1 is 0.957 bits per heavy atom. The molecule has 1 aliphatic carbocycles. The topological polar surface area (TPSA) is 58.2 Å². The molecule has 0 heterocycles. The molecular formula is C19H20N2O2. The largest absolute Gasteiger partial charge is 0.349 e. The number of carbonyl (C=O) groups is 2. The van der Waals surface area contributed by atoms with Crippen LogP contribution in [-0.2, 0) is 0 Å². The van der Waals surface area contributed by atoms with E-state index in [4.69, 9.17) is 0 Å². The molecule has 23 heavy (non-hydrogen) atoms. The molecule has 0 atom stereocenters. The van der Waals surface area contributed by atoms with Crippen molar-refractivity contribution in [1.82, 2.24) is 5.32 Å². The molecule has 4 heteroatoms. The van der Waals surface area contributed by atoms with Gasteiger partial charge in [-0.15, -0.1) is 0 Å². The second-order valence-electron chi connectivity index (χ2n) is 6.10. The van der Waals surface area contributed by atoms with Crippen LogP contribution >= 0.6 is 0 Å². The molecule has 2 N–H and O–H groups in total. The van der Waals surface area contributed by atoms with Crippen LogP contribution in [0.15, 0.2) is 42.5 Å². The van der Waals surface area contributed by atoms with Gasteiger partial charge in [-0.05, 0) is 62.6 Å². The fraction of sp³-hybridized carbons (Fsp3) is 0.263. The molecule has 0 saturated heterocycles. The minimum Gasteiger partial charge on any atom is -0.349 e. The molecule has 118 valence electrons. The molecule has 2 aromatic carbocycles. The zero-order valence-electron chi connectivity index (χ0n) is 13.3. The van der Waals surface area contributed by atoms with E-state index in [2.05, 4.69) is 10.6 Å². The lowest BCUT2D eigenvalue weighted by atomic mass is 10.1. The van der Waals surface area contributed by atoms with Gasteiger partial charge in [0.1, 0.15) is 0 Å². The molecule has 0 unspecified atom stereocenters. The lowest BCUT2D eigenvalue weighted by Gasteiger charge is -2.09. The van der Waals surface area contributed by atoms with E-state index < -0.39 is 0 Å². The van der Waals surface area contributed by atoms with Crippen LogP contribution in [0, 0.1) is 13.8 Å². The van der Waals surface area contributed by atoms with Crippen molar-refractivity contribution < 1.29 is 9.59 Å². The molecule has 0 aromatic heterocycles. The van der Waals surface area contributed by atoms with Crippen molar-refractivity contribution in [3.63, 3.8) is 0 Å². The first kappa shape index (κ1) is 15.3. The molecule has 0 aliphatic heterocycles. The SMILES string of the molecule is Cc1ccc(C(=O)Nc2ccc(C(=O)NC3CC3)cc2)c(C)c1. The van der Waals surface area contributed by atoms with Crippen molar-refractivity contribution in [2.24, 2.45) is 0 Å². The zero-order chi connectivity index (χ0) is 16.4. The van der Waals surface area contributed by atoms with Gasteiger partial charge in [-0.1, -0.05) is 17.7 Å². The van der Waals surface area contributed by atoms with Crippen molar-refractivity contribution in [3.05, 3.63) is 64.7 Å². The summed E-state index contributed by atoms with van der Waals surface area (Å²) >= 11 is 0. The Labute approximate surface area is 135 Å². The smallest absolute Gasteiger partial charge is 0.255 e. The van der Waals surface area contributed by atoms with Gasteiger partial charge in [0.05, 0.1) is 0 Å². The van der Waals surface area contributed by atoms with E-state index in [1.807, 2.05) is 32.0 Å². The van der Waals surface area contributed by atoms with E-state index in [9.17, 15) is 9.59 Å². The van der Waals surface area contributed by atoms with Crippen molar-refractivity contribution in [2.75, 3.05) is 5.32 Å². The number of nitrogens with one attached hydrogen (secondary N) is 2. The van der Waals surface area contributed by atoms with Crippen LogP contribution in [0.4, 0.5) is 5.69 Å². The van der Waals surface area contributed by atoms with Gasteiger partial charge >= 0.3 is 0 Å². The van der Waals surface area contributed by atoms with Gasteiger partial charge in [-0.25, -0.2) is 0 Å². The van der Waals surface area contributed by atoms with Crippen LogP contribution in [0.25, 0.3) is 0 Å². The number of hydrogen-bond donors (Lipinski definition) is 2. The molecule has 4 nitrogen and oxygen atoms in total. The minimum absolute atomic E-state index is 0.0558. The maximum absolute atomic E-state index is 12.3. The van der Waals surface area contributed by atoms with Crippen LogP contribution in [0.2, 0.25) is 0 Å². The summed E-state index contributed by atoms with van der Waals surface area (Å²) in [6, 6.07) is 13.0. The fourth-order valence-corrected chi connectivity index (χ4v) is 2.47. The highest BCUT2D eigenvalue weighted by Gasteiger charge is 2.23. The normalized spacial score (nSPS) is 13.5. The summed E-state index contributed by atoms with van der Waals surface area (Å²) in [5, 5.41) is 5.81. The number of carbonyl (C=O) groups excluding carboxylic acids is 2.